The molecule has 20 heavy (non-hydrogen) atoms. The molecule has 0 saturated carbocycles. The highest BCUT2D eigenvalue weighted by Gasteiger charge is 2.04. The fourth-order valence-corrected chi connectivity index (χ4v) is 2.50. The fourth-order valence-electron chi connectivity index (χ4n) is 1.41. The number of carboxylic acid groups (broad SMARTS) is 1. The van der Waals surface area contributed by atoms with E-state index >= 15 is 0 Å². The van der Waals surface area contributed by atoms with E-state index in [2.05, 4.69) is 10.5 Å². The number of nitrogens with zero attached hydrogens (tertiary/aromatic N) is 1. The molecule has 0 aliphatic heterocycles. The second kappa shape index (κ2) is 6.26. The number of carbonyl (C=O) groups is 1. The summed E-state index contributed by atoms with van der Waals surface area (Å²) in [5, 5.41) is 15.8. The Morgan fingerprint density at radius 1 is 1.20 bits per heavy atom. The third-order valence-corrected chi connectivity index (χ3v) is 4.35. The maximum atomic E-state index is 10.7. The van der Waals surface area contributed by atoms with E-state index < -0.39 is 5.97 Å². The summed E-state index contributed by atoms with van der Waals surface area (Å²) in [5.74, 6) is -1.19. The molecular weight excluding hydrogens is 319 g/mol. The number of benzene rings is 1. The Balaban J connectivity index is 2.13. The van der Waals surface area contributed by atoms with E-state index in [0.29, 0.717) is 21.4 Å². The number of anilines is 1. The number of hydrogen-bond acceptors (Lipinski definition) is 5. The van der Waals surface area contributed by atoms with Gasteiger partial charge >= 0.3 is 0 Å². The number of hydrazone groups is 1. The molecule has 0 aliphatic carbocycles. The number of carbonyl (C=O) groups excluding carboxylic acids is 1. The number of carboxylic acids is 1. The normalized spacial score (nSPS) is 11.4. The lowest BCUT2D eigenvalue weighted by Gasteiger charge is -2.03. The van der Waals surface area contributed by atoms with Crippen LogP contribution < -0.4 is 10.5 Å². The van der Waals surface area contributed by atoms with Gasteiger partial charge in [-0.3, -0.25) is 5.43 Å². The van der Waals surface area contributed by atoms with Gasteiger partial charge in [-0.1, -0.05) is 23.2 Å². The van der Waals surface area contributed by atoms with E-state index in [1.54, 1.807) is 31.2 Å². The Labute approximate surface area is 129 Å². The second-order valence-corrected chi connectivity index (χ2v) is 5.79. The molecular formula is C13H9Cl2N2O2S-. The average molecular weight is 328 g/mol. The Bertz CT molecular complexity index is 683. The summed E-state index contributed by atoms with van der Waals surface area (Å²) in [6.45, 7) is 1.77. The molecule has 2 rings (SSSR count). The van der Waals surface area contributed by atoms with E-state index in [4.69, 9.17) is 23.2 Å². The zero-order valence-corrected chi connectivity index (χ0v) is 12.6. The maximum Gasteiger partial charge on any atom is 0.0815 e. The molecule has 0 radical (unpaired) electrons. The molecule has 0 atom stereocenters. The van der Waals surface area contributed by atoms with Crippen LogP contribution in [0.4, 0.5) is 5.69 Å². The van der Waals surface area contributed by atoms with Gasteiger partial charge in [-0.25, -0.2) is 0 Å². The lowest BCUT2D eigenvalue weighted by atomic mass is 10.3. The maximum absolute atomic E-state index is 10.7. The quantitative estimate of drug-likeness (QED) is 0.692. The molecule has 1 aromatic heterocycles. The molecule has 0 spiro atoms. The molecule has 0 unspecified atom stereocenters. The number of rotatable bonds is 4. The predicted molar refractivity (Wildman–Crippen MR) is 80.9 cm³/mol. The number of aromatic carboxylic acids is 1. The summed E-state index contributed by atoms with van der Waals surface area (Å²) in [7, 11) is 0. The van der Waals surface area contributed by atoms with Gasteiger partial charge in [0.15, 0.2) is 0 Å². The lowest BCUT2D eigenvalue weighted by molar-refractivity contribution is -0.254. The highest BCUT2D eigenvalue weighted by Crippen LogP contribution is 2.25. The molecule has 104 valence electrons. The van der Waals surface area contributed by atoms with Gasteiger partial charge in [-0.15, -0.1) is 11.3 Å². The van der Waals surface area contributed by atoms with Crippen LogP contribution in [-0.4, -0.2) is 11.7 Å². The van der Waals surface area contributed by atoms with Gasteiger partial charge in [0.25, 0.3) is 0 Å². The minimum Gasteiger partial charge on any atom is -0.544 e. The van der Waals surface area contributed by atoms with Crippen LogP contribution in [0.3, 0.4) is 0 Å². The Hall–Kier alpha value is -1.56. The van der Waals surface area contributed by atoms with Crippen molar-refractivity contribution in [2.45, 2.75) is 6.92 Å². The Morgan fingerprint density at radius 2 is 1.90 bits per heavy atom. The summed E-state index contributed by atoms with van der Waals surface area (Å²) < 4.78 is 0. The number of thiophene rings is 1. The highest BCUT2D eigenvalue weighted by molar-refractivity contribution is 7.15. The molecule has 4 nitrogen and oxygen atoms in total. The van der Waals surface area contributed by atoms with E-state index in [9.17, 15) is 9.90 Å². The number of nitrogens with one attached hydrogen (secondary N) is 1. The van der Waals surface area contributed by atoms with Crippen LogP contribution in [0, 0.1) is 0 Å². The third kappa shape index (κ3) is 3.50. The van der Waals surface area contributed by atoms with Gasteiger partial charge in [0.2, 0.25) is 0 Å². The third-order valence-electron chi connectivity index (χ3n) is 2.44. The molecule has 0 bridgehead atoms. The van der Waals surface area contributed by atoms with Crippen LogP contribution in [0.2, 0.25) is 10.0 Å². The molecule has 0 amide bonds. The first kappa shape index (κ1) is 14.8. The molecule has 0 aliphatic rings. The Morgan fingerprint density at radius 3 is 2.50 bits per heavy atom. The summed E-state index contributed by atoms with van der Waals surface area (Å²) in [6, 6.07) is 8.24. The molecule has 1 heterocycles. The smallest absolute Gasteiger partial charge is 0.0815 e. The van der Waals surface area contributed by atoms with Gasteiger partial charge in [0, 0.05) is 0 Å². The molecule has 0 fully saturated rings. The van der Waals surface area contributed by atoms with Crippen molar-refractivity contribution in [3.8, 4) is 0 Å². The van der Waals surface area contributed by atoms with Crippen LogP contribution in [0.5, 0.6) is 0 Å². The first-order chi connectivity index (χ1) is 9.47. The van der Waals surface area contributed by atoms with E-state index in [1.807, 2.05) is 0 Å². The van der Waals surface area contributed by atoms with Crippen molar-refractivity contribution in [3.63, 3.8) is 0 Å². The second-order valence-electron chi connectivity index (χ2n) is 3.89. The van der Waals surface area contributed by atoms with Crippen molar-refractivity contribution in [3.05, 3.63) is 50.1 Å². The van der Waals surface area contributed by atoms with E-state index in [-0.39, 0.29) is 4.88 Å². The van der Waals surface area contributed by atoms with Crippen molar-refractivity contribution in [2.24, 2.45) is 5.10 Å². The standard InChI is InChI=1S/C13H10Cl2N2O2S/c1-7(11-4-5-12(20-11)13(18)19)16-17-8-2-3-9(14)10(15)6-8/h2-6,17H,1H3,(H,18,19)/p-1/b16-7-. The summed E-state index contributed by atoms with van der Waals surface area (Å²) in [6.07, 6.45) is 0. The Kier molecular flexibility index (Phi) is 4.65. The number of halogens is 2. The van der Waals surface area contributed by atoms with Crippen LogP contribution in [-0.2, 0) is 0 Å². The van der Waals surface area contributed by atoms with Gasteiger partial charge in [0.1, 0.15) is 0 Å². The minimum atomic E-state index is -1.19. The molecule has 2 aromatic rings. The fraction of sp³-hybridized carbons (Fsp3) is 0.0769. The first-order valence-corrected chi connectivity index (χ1v) is 7.11. The van der Waals surface area contributed by atoms with Crippen molar-refractivity contribution in [2.75, 3.05) is 5.43 Å². The molecule has 1 aromatic carbocycles. The summed E-state index contributed by atoms with van der Waals surface area (Å²) in [4.78, 5) is 11.6. The van der Waals surface area contributed by atoms with Crippen LogP contribution in [0.15, 0.2) is 35.4 Å². The van der Waals surface area contributed by atoms with E-state index in [0.717, 1.165) is 16.2 Å². The van der Waals surface area contributed by atoms with Crippen molar-refractivity contribution >= 4 is 51.9 Å². The predicted octanol–water partition coefficient (Wildman–Crippen LogP) is 3.25. The largest absolute Gasteiger partial charge is 0.544 e. The minimum absolute atomic E-state index is 0.170. The SMILES string of the molecule is C/C(=N/Nc1ccc(Cl)c(Cl)c1)c1ccc(C(=O)[O-])s1. The monoisotopic (exact) mass is 327 g/mol. The lowest BCUT2D eigenvalue weighted by Crippen LogP contribution is -2.20. The highest BCUT2D eigenvalue weighted by atomic mass is 35.5. The van der Waals surface area contributed by atoms with Gasteiger partial charge in [0.05, 0.1) is 37.2 Å². The van der Waals surface area contributed by atoms with Gasteiger partial charge < -0.3 is 9.90 Å². The molecule has 1 N–H and O–H groups in total. The first-order valence-electron chi connectivity index (χ1n) is 5.54. The van der Waals surface area contributed by atoms with E-state index in [1.165, 1.54) is 6.07 Å². The van der Waals surface area contributed by atoms with Crippen molar-refractivity contribution < 1.29 is 9.90 Å². The van der Waals surface area contributed by atoms with Crippen molar-refractivity contribution in [1.82, 2.24) is 0 Å². The van der Waals surface area contributed by atoms with Crippen molar-refractivity contribution in [1.29, 1.82) is 0 Å². The summed E-state index contributed by atoms with van der Waals surface area (Å²) in [5.41, 5.74) is 4.19. The van der Waals surface area contributed by atoms with Gasteiger partial charge in [-0.2, -0.15) is 5.10 Å². The zero-order valence-electron chi connectivity index (χ0n) is 10.3. The topological polar surface area (TPSA) is 64.5 Å². The van der Waals surface area contributed by atoms with Crippen LogP contribution in [0.25, 0.3) is 0 Å². The molecule has 7 heteroatoms. The van der Waals surface area contributed by atoms with Crippen LogP contribution >= 0.6 is 34.5 Å². The number of hydrogen-bond donors (Lipinski definition) is 1. The summed E-state index contributed by atoms with van der Waals surface area (Å²) >= 11 is 12.8. The molecule has 0 saturated heterocycles. The van der Waals surface area contributed by atoms with Gasteiger partial charge in [-0.05, 0) is 37.3 Å². The van der Waals surface area contributed by atoms with Crippen LogP contribution in [0.1, 0.15) is 21.5 Å². The average Bonchev–Trinajstić information content (AvgIpc) is 2.89. The zero-order chi connectivity index (χ0) is 14.7.